The lowest BCUT2D eigenvalue weighted by molar-refractivity contribution is 0.0702. The van der Waals surface area contributed by atoms with Gasteiger partial charge in [-0.05, 0) is 18.2 Å². The van der Waals surface area contributed by atoms with Crippen molar-refractivity contribution in [2.75, 3.05) is 14.2 Å². The van der Waals surface area contributed by atoms with Crippen LogP contribution in [0.2, 0.25) is 0 Å². The normalized spacial score (nSPS) is 14.1. The first-order valence-corrected chi connectivity index (χ1v) is 6.16. The topological polar surface area (TPSA) is 21.3 Å². The van der Waals surface area contributed by atoms with E-state index < -0.39 is 0 Å². The van der Waals surface area contributed by atoms with Crippen LogP contribution in [-0.4, -0.2) is 14.2 Å². The maximum Gasteiger partial charge on any atom is 0.102 e. The summed E-state index contributed by atoms with van der Waals surface area (Å²) in [4.78, 5) is 0. The number of rotatable bonds is 5. The number of hydrogen-bond acceptors (Lipinski definition) is 2. The molecule has 0 bridgehead atoms. The Morgan fingerprint density at radius 2 is 1.33 bits per heavy atom. The smallest absolute Gasteiger partial charge is 0.102 e. The monoisotopic (exact) mass is 241 g/mol. The Bertz CT molecular complexity index is 410. The molecule has 0 amide bonds. The molecule has 0 saturated carbocycles. The summed E-state index contributed by atoms with van der Waals surface area (Å²) in [5.41, 5.74) is 2.42. The number of likely N-dealkylation sites (N-methyl/N-ethyl adjacent to an activating group) is 1. The van der Waals surface area contributed by atoms with E-state index in [2.05, 4.69) is 41.7 Å². The Morgan fingerprint density at radius 3 is 1.78 bits per heavy atom. The lowest BCUT2D eigenvalue weighted by Gasteiger charge is -2.26. The molecular weight excluding hydrogens is 222 g/mol. The van der Waals surface area contributed by atoms with Crippen LogP contribution in [0.3, 0.4) is 0 Å². The van der Waals surface area contributed by atoms with Crippen molar-refractivity contribution in [2.45, 2.75) is 12.1 Å². The quantitative estimate of drug-likeness (QED) is 0.867. The molecule has 0 heterocycles. The summed E-state index contributed by atoms with van der Waals surface area (Å²) in [5, 5.41) is 3.34. The first kappa shape index (κ1) is 12.8. The minimum absolute atomic E-state index is 0.0126. The molecule has 2 atom stereocenters. The third-order valence-electron chi connectivity index (χ3n) is 3.15. The first-order valence-electron chi connectivity index (χ1n) is 6.16. The molecular formula is C16H19NO. The van der Waals surface area contributed by atoms with Crippen LogP contribution in [0.1, 0.15) is 23.3 Å². The fraction of sp³-hybridized carbons (Fsp3) is 0.250. The van der Waals surface area contributed by atoms with Gasteiger partial charge in [-0.3, -0.25) is 0 Å². The highest BCUT2D eigenvalue weighted by Crippen LogP contribution is 2.30. The van der Waals surface area contributed by atoms with Gasteiger partial charge < -0.3 is 10.1 Å². The Hall–Kier alpha value is -1.64. The molecule has 2 heteroatoms. The number of methoxy groups -OCH3 is 1. The van der Waals surface area contributed by atoms with E-state index in [1.165, 1.54) is 11.1 Å². The molecule has 0 spiro atoms. The van der Waals surface area contributed by atoms with Crippen LogP contribution in [0.5, 0.6) is 0 Å². The van der Waals surface area contributed by atoms with Crippen molar-refractivity contribution in [3.05, 3.63) is 71.8 Å². The van der Waals surface area contributed by atoms with Crippen molar-refractivity contribution in [1.29, 1.82) is 0 Å². The molecule has 0 aliphatic rings. The van der Waals surface area contributed by atoms with Crippen molar-refractivity contribution in [1.82, 2.24) is 5.32 Å². The van der Waals surface area contributed by atoms with Gasteiger partial charge in [-0.25, -0.2) is 0 Å². The average molecular weight is 241 g/mol. The van der Waals surface area contributed by atoms with Gasteiger partial charge in [0.05, 0.1) is 6.04 Å². The molecule has 2 aromatic carbocycles. The summed E-state index contributed by atoms with van der Waals surface area (Å²) in [6.45, 7) is 0. The largest absolute Gasteiger partial charge is 0.375 e. The van der Waals surface area contributed by atoms with Gasteiger partial charge in [0.25, 0.3) is 0 Å². The van der Waals surface area contributed by atoms with Crippen molar-refractivity contribution < 1.29 is 4.74 Å². The predicted octanol–water partition coefficient (Wildman–Crippen LogP) is 3.33. The summed E-state index contributed by atoms with van der Waals surface area (Å²) in [6.07, 6.45) is 0.0126. The molecule has 18 heavy (non-hydrogen) atoms. The molecule has 2 aromatic rings. The number of benzene rings is 2. The maximum absolute atomic E-state index is 5.68. The van der Waals surface area contributed by atoms with Crippen molar-refractivity contribution >= 4 is 0 Å². The highest BCUT2D eigenvalue weighted by Gasteiger charge is 2.22. The van der Waals surface area contributed by atoms with Crippen LogP contribution in [0.25, 0.3) is 0 Å². The van der Waals surface area contributed by atoms with Gasteiger partial charge in [-0.2, -0.15) is 0 Å². The second-order valence-electron chi connectivity index (χ2n) is 4.24. The Morgan fingerprint density at radius 1 is 0.833 bits per heavy atom. The zero-order valence-corrected chi connectivity index (χ0v) is 10.8. The van der Waals surface area contributed by atoms with Crippen LogP contribution in [-0.2, 0) is 4.74 Å². The molecule has 0 unspecified atom stereocenters. The molecule has 0 saturated heterocycles. The second-order valence-corrected chi connectivity index (χ2v) is 4.24. The van der Waals surface area contributed by atoms with Crippen LogP contribution in [0, 0.1) is 0 Å². The van der Waals surface area contributed by atoms with Gasteiger partial charge in [0.2, 0.25) is 0 Å². The number of hydrogen-bond donors (Lipinski definition) is 1. The molecule has 0 aromatic heterocycles. The zero-order chi connectivity index (χ0) is 12.8. The van der Waals surface area contributed by atoms with Gasteiger partial charge in [-0.15, -0.1) is 0 Å². The third kappa shape index (κ3) is 2.78. The summed E-state index contributed by atoms with van der Waals surface area (Å²) >= 11 is 0. The van der Waals surface area contributed by atoms with Crippen LogP contribution < -0.4 is 5.32 Å². The fourth-order valence-electron chi connectivity index (χ4n) is 2.26. The standard InChI is InChI=1S/C16H19NO/c1-17-15(13-9-5-3-6-10-13)16(18-2)14-11-7-4-8-12-14/h3-12,15-17H,1-2H3/t15-,16+/m1/s1. The lowest BCUT2D eigenvalue weighted by Crippen LogP contribution is -2.25. The number of nitrogens with one attached hydrogen (secondary N) is 1. The van der Waals surface area contributed by atoms with E-state index in [1.807, 2.05) is 31.3 Å². The Labute approximate surface area is 109 Å². The summed E-state index contributed by atoms with van der Waals surface area (Å²) in [5.74, 6) is 0. The summed E-state index contributed by atoms with van der Waals surface area (Å²) in [6, 6.07) is 20.8. The molecule has 0 fully saturated rings. The Kier molecular flexibility index (Phi) is 4.51. The summed E-state index contributed by atoms with van der Waals surface area (Å²) < 4.78 is 5.68. The highest BCUT2D eigenvalue weighted by atomic mass is 16.5. The maximum atomic E-state index is 5.68. The molecule has 0 radical (unpaired) electrons. The van der Waals surface area contributed by atoms with E-state index in [-0.39, 0.29) is 12.1 Å². The van der Waals surface area contributed by atoms with Gasteiger partial charge in [0, 0.05) is 7.11 Å². The van der Waals surface area contributed by atoms with E-state index >= 15 is 0 Å². The molecule has 0 aliphatic heterocycles. The van der Waals surface area contributed by atoms with E-state index in [4.69, 9.17) is 4.74 Å². The van der Waals surface area contributed by atoms with Crippen molar-refractivity contribution in [2.24, 2.45) is 0 Å². The average Bonchev–Trinajstić information content (AvgIpc) is 2.46. The summed E-state index contributed by atoms with van der Waals surface area (Å²) in [7, 11) is 3.72. The van der Waals surface area contributed by atoms with Gasteiger partial charge in [0.1, 0.15) is 6.10 Å². The van der Waals surface area contributed by atoms with E-state index in [9.17, 15) is 0 Å². The zero-order valence-electron chi connectivity index (χ0n) is 10.8. The SMILES string of the molecule is CN[C@H](c1ccccc1)[C@@H](OC)c1ccccc1. The van der Waals surface area contributed by atoms with Crippen LogP contribution in [0.15, 0.2) is 60.7 Å². The lowest BCUT2D eigenvalue weighted by atomic mass is 9.96. The minimum Gasteiger partial charge on any atom is -0.375 e. The highest BCUT2D eigenvalue weighted by molar-refractivity contribution is 5.26. The predicted molar refractivity (Wildman–Crippen MR) is 74.4 cm³/mol. The first-order chi connectivity index (χ1) is 8.86. The molecule has 0 aliphatic carbocycles. The van der Waals surface area contributed by atoms with Gasteiger partial charge >= 0.3 is 0 Å². The van der Waals surface area contributed by atoms with E-state index in [0.29, 0.717) is 0 Å². The van der Waals surface area contributed by atoms with Crippen LogP contribution >= 0.6 is 0 Å². The third-order valence-corrected chi connectivity index (χ3v) is 3.15. The van der Waals surface area contributed by atoms with Crippen molar-refractivity contribution in [3.8, 4) is 0 Å². The fourth-order valence-corrected chi connectivity index (χ4v) is 2.26. The van der Waals surface area contributed by atoms with E-state index in [0.717, 1.165) is 0 Å². The molecule has 2 rings (SSSR count). The second kappa shape index (κ2) is 6.34. The molecule has 94 valence electrons. The van der Waals surface area contributed by atoms with Crippen LogP contribution in [0.4, 0.5) is 0 Å². The number of ether oxygens (including phenoxy) is 1. The van der Waals surface area contributed by atoms with Gasteiger partial charge in [-0.1, -0.05) is 60.7 Å². The molecule has 2 nitrogen and oxygen atoms in total. The Balaban J connectivity index is 2.31. The van der Waals surface area contributed by atoms with E-state index in [1.54, 1.807) is 7.11 Å². The molecule has 1 N–H and O–H groups in total. The minimum atomic E-state index is 0.0126. The van der Waals surface area contributed by atoms with Gasteiger partial charge in [0.15, 0.2) is 0 Å². The van der Waals surface area contributed by atoms with Crippen molar-refractivity contribution in [3.63, 3.8) is 0 Å².